The van der Waals surface area contributed by atoms with Gasteiger partial charge in [0.1, 0.15) is 0 Å². The fourth-order valence-electron chi connectivity index (χ4n) is 2.66. The lowest BCUT2D eigenvalue weighted by Crippen LogP contribution is -2.07. The van der Waals surface area contributed by atoms with Crippen molar-refractivity contribution in [2.24, 2.45) is 0 Å². The molecule has 1 saturated carbocycles. The summed E-state index contributed by atoms with van der Waals surface area (Å²) in [5, 5.41) is 8.90. The number of hydrogen-bond donors (Lipinski definition) is 1. The summed E-state index contributed by atoms with van der Waals surface area (Å²) in [6.07, 6.45) is 6.20. The SMILES string of the molecule is O=Ic1ccc(C2CCCCC2)cc1CC(=O)O. The summed E-state index contributed by atoms with van der Waals surface area (Å²) in [5.74, 6) is -0.292. The summed E-state index contributed by atoms with van der Waals surface area (Å²) >= 11 is -1.29. The first-order valence-corrected chi connectivity index (χ1v) is 8.28. The number of benzene rings is 1. The summed E-state index contributed by atoms with van der Waals surface area (Å²) in [6.45, 7) is 0. The minimum Gasteiger partial charge on any atom is -0.481 e. The largest absolute Gasteiger partial charge is 0.481 e. The minimum absolute atomic E-state index is 0.0160. The van der Waals surface area contributed by atoms with Crippen molar-refractivity contribution in [3.05, 3.63) is 32.9 Å². The molecule has 0 unspecified atom stereocenters. The quantitative estimate of drug-likeness (QED) is 0.830. The van der Waals surface area contributed by atoms with Gasteiger partial charge in [-0.05, 0) is 36.0 Å². The Hall–Kier alpha value is -0.780. The van der Waals surface area contributed by atoms with Crippen molar-refractivity contribution in [3.63, 3.8) is 0 Å². The Balaban J connectivity index is 2.26. The van der Waals surface area contributed by atoms with Crippen molar-refractivity contribution >= 4 is 27.2 Å². The summed E-state index contributed by atoms with van der Waals surface area (Å²) in [4.78, 5) is 10.8. The van der Waals surface area contributed by atoms with E-state index in [2.05, 4.69) is 0 Å². The lowest BCUT2D eigenvalue weighted by atomic mass is 9.83. The number of halogens is 1. The topological polar surface area (TPSA) is 54.4 Å². The Morgan fingerprint density at radius 3 is 2.61 bits per heavy atom. The lowest BCUT2D eigenvalue weighted by molar-refractivity contribution is -0.136. The average molecular weight is 360 g/mol. The third-order valence-corrected chi connectivity index (χ3v) is 5.10. The van der Waals surface area contributed by atoms with E-state index in [0.717, 1.165) is 9.13 Å². The third kappa shape index (κ3) is 3.37. The van der Waals surface area contributed by atoms with E-state index in [1.165, 1.54) is 37.7 Å². The average Bonchev–Trinajstić information content (AvgIpc) is 2.39. The van der Waals surface area contributed by atoms with Crippen molar-refractivity contribution < 1.29 is 13.0 Å². The van der Waals surface area contributed by atoms with Gasteiger partial charge in [0, 0.05) is 0 Å². The third-order valence-electron chi connectivity index (χ3n) is 3.57. The van der Waals surface area contributed by atoms with Gasteiger partial charge in [-0.3, -0.25) is 7.86 Å². The molecule has 1 aliphatic rings. The van der Waals surface area contributed by atoms with E-state index in [4.69, 9.17) is 5.11 Å². The normalized spacial score (nSPS) is 16.7. The molecule has 2 rings (SSSR count). The highest BCUT2D eigenvalue weighted by molar-refractivity contribution is 14.1. The van der Waals surface area contributed by atoms with Gasteiger partial charge in [-0.25, -0.2) is 0 Å². The van der Waals surface area contributed by atoms with Crippen molar-refractivity contribution in [1.29, 1.82) is 0 Å². The molecule has 0 spiro atoms. The monoisotopic (exact) mass is 360 g/mol. The van der Waals surface area contributed by atoms with E-state index in [1.807, 2.05) is 18.2 Å². The number of hydrogen-bond acceptors (Lipinski definition) is 2. The number of rotatable bonds is 4. The number of carbonyl (C=O) groups is 1. The predicted octanol–water partition coefficient (Wildman–Crippen LogP) is 3.85. The lowest BCUT2D eigenvalue weighted by Gasteiger charge is -2.22. The molecule has 1 aliphatic carbocycles. The maximum atomic E-state index is 11.1. The molecule has 0 atom stereocenters. The highest BCUT2D eigenvalue weighted by Crippen LogP contribution is 2.34. The molecule has 1 aromatic carbocycles. The number of carboxylic acid groups (broad SMARTS) is 1. The maximum absolute atomic E-state index is 11.1. The van der Waals surface area contributed by atoms with Crippen LogP contribution in [-0.4, -0.2) is 11.1 Å². The van der Waals surface area contributed by atoms with E-state index < -0.39 is 27.2 Å². The van der Waals surface area contributed by atoms with Gasteiger partial charge >= 0.3 is 5.97 Å². The van der Waals surface area contributed by atoms with Crippen LogP contribution in [0.2, 0.25) is 0 Å². The zero-order chi connectivity index (χ0) is 13.0. The minimum atomic E-state index is -1.29. The summed E-state index contributed by atoms with van der Waals surface area (Å²) in [6, 6.07) is 5.87. The van der Waals surface area contributed by atoms with Gasteiger partial charge in [0.05, 0.1) is 9.99 Å². The zero-order valence-corrected chi connectivity index (χ0v) is 12.4. The first-order chi connectivity index (χ1) is 8.70. The molecule has 0 heterocycles. The summed E-state index contributed by atoms with van der Waals surface area (Å²) in [5.41, 5.74) is 1.97. The van der Waals surface area contributed by atoms with E-state index in [0.29, 0.717) is 5.92 Å². The Morgan fingerprint density at radius 1 is 1.28 bits per heavy atom. The van der Waals surface area contributed by atoms with Crippen LogP contribution in [0, 0.1) is 3.57 Å². The zero-order valence-electron chi connectivity index (χ0n) is 10.2. The molecule has 0 radical (unpaired) electrons. The molecule has 98 valence electrons. The van der Waals surface area contributed by atoms with E-state index in [9.17, 15) is 7.86 Å². The van der Waals surface area contributed by atoms with Crippen LogP contribution in [0.5, 0.6) is 0 Å². The van der Waals surface area contributed by atoms with Crippen molar-refractivity contribution in [2.75, 3.05) is 0 Å². The number of aliphatic carboxylic acids is 1. The molecule has 4 heteroatoms. The van der Waals surface area contributed by atoms with Crippen LogP contribution in [0.3, 0.4) is 0 Å². The molecule has 0 bridgehead atoms. The molecule has 0 saturated heterocycles. The van der Waals surface area contributed by atoms with Crippen LogP contribution in [-0.2, 0) is 14.3 Å². The molecule has 18 heavy (non-hydrogen) atoms. The first kappa shape index (κ1) is 13.6. The van der Waals surface area contributed by atoms with Gasteiger partial charge in [-0.2, -0.15) is 0 Å². The van der Waals surface area contributed by atoms with E-state index in [1.54, 1.807) is 0 Å². The molecule has 0 amide bonds. The molecule has 1 N–H and O–H groups in total. The molecule has 0 aromatic heterocycles. The van der Waals surface area contributed by atoms with Crippen LogP contribution >= 0.6 is 21.2 Å². The predicted molar refractivity (Wildman–Crippen MR) is 77.0 cm³/mol. The fourth-order valence-corrected chi connectivity index (χ4v) is 3.61. The molecule has 0 aliphatic heterocycles. The smallest absolute Gasteiger partial charge is 0.307 e. The first-order valence-electron chi connectivity index (χ1n) is 6.32. The standard InChI is InChI=1S/C14H17IO3/c16-14(17)9-12-8-11(6-7-13(12)15-18)10-4-2-1-3-5-10/h6-8,10H,1-5,9H2,(H,16,17). The highest BCUT2D eigenvalue weighted by atomic mass is 127. The molecule has 1 aromatic rings. The molecular formula is C14H17IO3. The van der Waals surface area contributed by atoms with Gasteiger partial charge in [-0.15, -0.1) is 0 Å². The van der Waals surface area contributed by atoms with Gasteiger partial charge in [0.25, 0.3) is 0 Å². The van der Waals surface area contributed by atoms with E-state index in [-0.39, 0.29) is 6.42 Å². The van der Waals surface area contributed by atoms with Gasteiger partial charge < -0.3 is 5.11 Å². The van der Waals surface area contributed by atoms with Crippen LogP contribution in [0.4, 0.5) is 0 Å². The second-order valence-corrected chi connectivity index (χ2v) is 6.44. The Morgan fingerprint density at radius 2 is 2.00 bits per heavy atom. The summed E-state index contributed by atoms with van der Waals surface area (Å²) < 4.78 is 11.9. The van der Waals surface area contributed by atoms with Crippen LogP contribution < -0.4 is 0 Å². The second-order valence-electron chi connectivity index (χ2n) is 4.83. The fraction of sp³-hybridized carbons (Fsp3) is 0.500. The van der Waals surface area contributed by atoms with Crippen molar-refractivity contribution in [1.82, 2.24) is 0 Å². The van der Waals surface area contributed by atoms with E-state index >= 15 is 0 Å². The number of carboxylic acids is 1. The van der Waals surface area contributed by atoms with Crippen LogP contribution in [0.15, 0.2) is 18.2 Å². The van der Waals surface area contributed by atoms with Crippen molar-refractivity contribution in [2.45, 2.75) is 44.4 Å². The Bertz CT molecular complexity index is 450. The highest BCUT2D eigenvalue weighted by Gasteiger charge is 2.17. The maximum Gasteiger partial charge on any atom is 0.307 e. The van der Waals surface area contributed by atoms with Gasteiger partial charge in [0.2, 0.25) is 0 Å². The summed E-state index contributed by atoms with van der Waals surface area (Å²) in [7, 11) is 0. The van der Waals surface area contributed by atoms with Crippen LogP contribution in [0.1, 0.15) is 49.1 Å². The molecule has 1 fully saturated rings. The van der Waals surface area contributed by atoms with Crippen LogP contribution in [0.25, 0.3) is 0 Å². The molecular weight excluding hydrogens is 343 g/mol. The van der Waals surface area contributed by atoms with Gasteiger partial charge in [0.15, 0.2) is 21.2 Å². The Kier molecular flexibility index (Phi) is 4.86. The van der Waals surface area contributed by atoms with Crippen molar-refractivity contribution in [3.8, 4) is 0 Å². The Labute approximate surface area is 117 Å². The van der Waals surface area contributed by atoms with Gasteiger partial charge in [-0.1, -0.05) is 31.4 Å². The molecule has 3 nitrogen and oxygen atoms in total. The second kappa shape index (κ2) is 6.41.